The number of unbranched alkanes of at least 4 members (excludes halogenated alkanes) is 6. The molecule has 0 radical (unpaired) electrons. The molecule has 12 nitrogen and oxygen atoms in total. The van der Waals surface area contributed by atoms with Crippen LogP contribution in [-0.4, -0.2) is 51.7 Å². The van der Waals surface area contributed by atoms with Gasteiger partial charge in [-0.05, 0) is 48.2 Å². The Balaban J connectivity index is 0.000000234. The summed E-state index contributed by atoms with van der Waals surface area (Å²) < 4.78 is 0. The van der Waals surface area contributed by atoms with Crippen LogP contribution < -0.4 is 9.97 Å². The van der Waals surface area contributed by atoms with Crippen LogP contribution in [0, 0.1) is 0 Å². The zero-order chi connectivity index (χ0) is 45.0. The Labute approximate surface area is 397 Å². The molecule has 13 heteroatoms. The summed E-state index contributed by atoms with van der Waals surface area (Å²) in [5, 5.41) is 21.9. The number of benzene rings is 4. The van der Waals surface area contributed by atoms with Crippen LogP contribution in [0.1, 0.15) is 91.9 Å². The molecule has 0 aliphatic carbocycles. The van der Waals surface area contributed by atoms with Crippen molar-refractivity contribution in [2.45, 2.75) is 91.9 Å². The third kappa shape index (κ3) is 12.0. The smallest absolute Gasteiger partial charge is 0.512 e. The molecule has 0 fully saturated rings. The van der Waals surface area contributed by atoms with E-state index in [1.807, 2.05) is 97.1 Å². The zero-order valence-corrected chi connectivity index (χ0v) is 39.7. The first-order chi connectivity index (χ1) is 31.1. The van der Waals surface area contributed by atoms with Gasteiger partial charge in [0, 0.05) is 69.8 Å². The van der Waals surface area contributed by atoms with Gasteiger partial charge in [0.1, 0.15) is 0 Å². The molecule has 0 amide bonds. The predicted molar refractivity (Wildman–Crippen MR) is 254 cm³/mol. The first-order valence-corrected chi connectivity index (χ1v) is 22.0. The molecule has 9 rings (SSSR count). The Bertz CT molecular complexity index is 2690. The van der Waals surface area contributed by atoms with Gasteiger partial charge >= 0.3 is 26.2 Å². The van der Waals surface area contributed by atoms with Crippen molar-refractivity contribution in [3.8, 4) is 45.6 Å². The van der Waals surface area contributed by atoms with E-state index in [4.69, 9.17) is 50.1 Å². The molecule has 0 spiro atoms. The van der Waals surface area contributed by atoms with Crippen molar-refractivity contribution in [2.75, 3.05) is 0 Å². The number of aliphatic hydroxyl groups is 2. The standard InChI is InChI=1S/C32H16N8.2C10H18O2.Zr/c1-2-10-18-17(9-1)25-33-26(18)38-28-21-13-5-6-14-22(21)30(35-28)40-32-24-16-8-7-15-23(24)31(36-32)39-29-20-12-4-3-11-19(20)27(34-29)37-25;2*1-3-4-5-6-7-10(12)8-9(2)11;/h1-16H;2*8,12H,3-7H2,1-2H3;/q-2;;;+2. The fraction of sp³-hybridized carbons (Fsp3) is 0.269. The summed E-state index contributed by atoms with van der Waals surface area (Å²) in [6.07, 6.45) is 12.9. The maximum Gasteiger partial charge on any atom is 2.00 e. The summed E-state index contributed by atoms with van der Waals surface area (Å²) >= 11 is 0. The summed E-state index contributed by atoms with van der Waals surface area (Å²) in [7, 11) is 0. The van der Waals surface area contributed by atoms with E-state index >= 15 is 0 Å². The van der Waals surface area contributed by atoms with Crippen molar-refractivity contribution >= 4 is 55.7 Å². The zero-order valence-electron chi connectivity index (χ0n) is 37.3. The minimum absolute atomic E-state index is 0. The van der Waals surface area contributed by atoms with Gasteiger partial charge in [-0.25, -0.2) is 9.97 Å². The second-order valence-corrected chi connectivity index (χ2v) is 15.8. The Hall–Kier alpha value is -6.46. The number of ketones is 2. The van der Waals surface area contributed by atoms with Crippen LogP contribution in [0.25, 0.3) is 89.7 Å². The number of carbonyl (C=O) groups is 2. The van der Waals surface area contributed by atoms with Crippen molar-refractivity contribution in [1.82, 2.24) is 39.9 Å². The molecular formula is C52H52N8O4Zr. The van der Waals surface area contributed by atoms with Gasteiger partial charge in [-0.1, -0.05) is 149 Å². The molecule has 7 aromatic rings. The van der Waals surface area contributed by atoms with Crippen LogP contribution in [0.15, 0.2) is 121 Å². The number of carbonyl (C=O) groups excluding carboxylic acids is 2. The number of rotatable bonds is 12. The van der Waals surface area contributed by atoms with Crippen LogP contribution in [0.5, 0.6) is 0 Å². The summed E-state index contributed by atoms with van der Waals surface area (Å²) in [6, 6.07) is 31.8. The first-order valence-electron chi connectivity index (χ1n) is 22.0. The van der Waals surface area contributed by atoms with Crippen molar-refractivity contribution in [1.29, 1.82) is 0 Å². The number of nitrogens with zero attached hydrogens (tertiary/aromatic N) is 8. The molecule has 0 atom stereocenters. The Morgan fingerprint density at radius 2 is 0.723 bits per heavy atom. The Morgan fingerprint density at radius 1 is 0.446 bits per heavy atom. The van der Waals surface area contributed by atoms with Crippen molar-refractivity contribution in [3.63, 3.8) is 0 Å². The second kappa shape index (κ2) is 22.9. The summed E-state index contributed by atoms with van der Waals surface area (Å²) in [6.45, 7) is 7.18. The van der Waals surface area contributed by atoms with E-state index in [-0.39, 0.29) is 49.3 Å². The van der Waals surface area contributed by atoms with Crippen LogP contribution in [0.4, 0.5) is 0 Å². The van der Waals surface area contributed by atoms with E-state index in [1.54, 1.807) is 0 Å². The van der Waals surface area contributed by atoms with Gasteiger partial charge in [0.25, 0.3) is 0 Å². The monoisotopic (exact) mass is 942 g/mol. The van der Waals surface area contributed by atoms with Crippen LogP contribution in [0.3, 0.4) is 0 Å². The van der Waals surface area contributed by atoms with Gasteiger partial charge < -0.3 is 40.1 Å². The van der Waals surface area contributed by atoms with Gasteiger partial charge in [0.15, 0.2) is 11.6 Å². The summed E-state index contributed by atoms with van der Waals surface area (Å²) in [5.41, 5.74) is 5.78. The summed E-state index contributed by atoms with van der Waals surface area (Å²) in [5.74, 6) is 2.49. The minimum atomic E-state index is -0.0806. The molecule has 2 N–H and O–H groups in total. The fourth-order valence-electron chi connectivity index (χ4n) is 7.54. The molecule has 5 heterocycles. The molecule has 3 aromatic heterocycles. The molecule has 65 heavy (non-hydrogen) atoms. The molecule has 328 valence electrons. The van der Waals surface area contributed by atoms with E-state index in [1.165, 1.54) is 51.7 Å². The van der Waals surface area contributed by atoms with Crippen LogP contribution >= 0.6 is 0 Å². The largest absolute Gasteiger partial charge is 2.00 e. The number of aromatic nitrogens is 8. The van der Waals surface area contributed by atoms with Crippen molar-refractivity contribution < 1.29 is 46.0 Å². The number of hydrogen-bond donors (Lipinski definition) is 2. The third-order valence-corrected chi connectivity index (χ3v) is 10.6. The van der Waals surface area contributed by atoms with Gasteiger partial charge in [0.2, 0.25) is 0 Å². The molecular weight excluding hydrogens is 892 g/mol. The molecule has 0 saturated carbocycles. The Morgan fingerprint density at radius 3 is 0.985 bits per heavy atom. The maximum absolute atomic E-state index is 10.5. The van der Waals surface area contributed by atoms with Gasteiger partial charge in [-0.2, -0.15) is 0 Å². The molecule has 0 unspecified atom stereocenters. The molecule has 8 bridgehead atoms. The number of allylic oxidation sites excluding steroid dienone is 4. The van der Waals surface area contributed by atoms with Gasteiger partial charge in [-0.3, -0.25) is 9.59 Å². The maximum atomic E-state index is 10.5. The quantitative estimate of drug-likeness (QED) is 0.0673. The van der Waals surface area contributed by atoms with Crippen LogP contribution in [0.2, 0.25) is 0 Å². The normalized spacial score (nSPS) is 11.7. The second-order valence-electron chi connectivity index (χ2n) is 15.8. The number of hydrogen-bond acceptors (Lipinski definition) is 10. The molecule has 4 aromatic carbocycles. The fourth-order valence-corrected chi connectivity index (χ4v) is 7.54. The molecule has 0 saturated heterocycles. The van der Waals surface area contributed by atoms with Crippen molar-refractivity contribution in [3.05, 3.63) is 121 Å². The summed E-state index contributed by atoms with van der Waals surface area (Å²) in [4.78, 5) is 60.3. The van der Waals surface area contributed by atoms with Crippen LogP contribution in [-0.2, 0) is 35.8 Å². The van der Waals surface area contributed by atoms with Crippen molar-refractivity contribution in [2.24, 2.45) is 0 Å². The predicted octanol–water partition coefficient (Wildman–Crippen LogP) is 12.1. The topological polar surface area (TPSA) is 180 Å². The number of aliphatic hydroxyl groups excluding tert-OH is 2. The third-order valence-electron chi connectivity index (χ3n) is 10.6. The van der Waals surface area contributed by atoms with E-state index in [0.717, 1.165) is 69.5 Å². The average molecular weight is 944 g/mol. The number of fused-ring (bicyclic) bond motifs is 20. The SMILES string of the molecule is CCCCCCC(O)=CC(C)=O.CCCCCCC(O)=CC(C)=O.[Zr+2].c1ccc2c(c1)-c1nc-2nc2[n-]c(nc3nc(nc4[n-]c(n1)c1ccccc41)-c1ccccc1-3)c1ccccc21. The Kier molecular flexibility index (Phi) is 16.9. The van der Waals surface area contributed by atoms with E-state index in [0.29, 0.717) is 58.7 Å². The van der Waals surface area contributed by atoms with E-state index < -0.39 is 0 Å². The molecule has 2 aliphatic rings. The van der Waals surface area contributed by atoms with E-state index in [2.05, 4.69) is 13.8 Å². The van der Waals surface area contributed by atoms with Gasteiger partial charge in [0.05, 0.1) is 34.8 Å². The molecule has 2 aliphatic heterocycles. The van der Waals surface area contributed by atoms with E-state index in [9.17, 15) is 9.59 Å². The first kappa shape index (κ1) is 48.0. The average Bonchev–Trinajstić information content (AvgIpc) is 4.03. The van der Waals surface area contributed by atoms with Gasteiger partial charge in [-0.15, -0.1) is 0 Å². The minimum Gasteiger partial charge on any atom is -0.512 e.